The lowest BCUT2D eigenvalue weighted by atomic mass is 10.0. The molecule has 0 spiro atoms. The number of hydrogen-bond donors (Lipinski definition) is 1. The van der Waals surface area contributed by atoms with E-state index < -0.39 is 0 Å². The molecule has 5 heteroatoms. The average molecular weight is 282 g/mol. The summed E-state index contributed by atoms with van der Waals surface area (Å²) in [7, 11) is 0. The first kappa shape index (κ1) is 13.0. The lowest BCUT2D eigenvalue weighted by molar-refractivity contribution is 0.515. The van der Waals surface area contributed by atoms with Gasteiger partial charge in [0.05, 0.1) is 11.2 Å². The number of halogens is 1. The summed E-state index contributed by atoms with van der Waals surface area (Å²) in [5.41, 5.74) is 0.837. The molecular formula is C14H20ClN3O. The van der Waals surface area contributed by atoms with Gasteiger partial charge in [-0.05, 0) is 43.4 Å². The van der Waals surface area contributed by atoms with Crippen molar-refractivity contribution in [3.05, 3.63) is 21.6 Å². The Balaban J connectivity index is 1.76. The van der Waals surface area contributed by atoms with Gasteiger partial charge in [-0.3, -0.25) is 4.79 Å². The Labute approximate surface area is 118 Å². The van der Waals surface area contributed by atoms with Crippen LogP contribution < -0.4 is 10.9 Å². The smallest absolute Gasteiger partial charge is 0.291 e. The lowest BCUT2D eigenvalue weighted by Gasteiger charge is -2.15. The number of hydrogen-bond acceptors (Lipinski definition) is 3. The van der Waals surface area contributed by atoms with Gasteiger partial charge >= 0.3 is 0 Å². The van der Waals surface area contributed by atoms with Crippen LogP contribution >= 0.6 is 11.6 Å². The van der Waals surface area contributed by atoms with Gasteiger partial charge in [0.25, 0.3) is 5.56 Å². The van der Waals surface area contributed by atoms with Crippen LogP contribution in [0.5, 0.6) is 0 Å². The summed E-state index contributed by atoms with van der Waals surface area (Å²) in [4.78, 5) is 12.3. The minimum atomic E-state index is -0.0775. The number of aromatic nitrogens is 2. The van der Waals surface area contributed by atoms with Crippen LogP contribution in [-0.2, 0) is 6.54 Å². The van der Waals surface area contributed by atoms with Gasteiger partial charge in [0.2, 0.25) is 0 Å². The van der Waals surface area contributed by atoms with Gasteiger partial charge in [-0.1, -0.05) is 18.5 Å². The molecule has 0 unspecified atom stereocenters. The van der Waals surface area contributed by atoms with Crippen LogP contribution in [0.3, 0.4) is 0 Å². The minimum Gasteiger partial charge on any atom is -0.379 e. The van der Waals surface area contributed by atoms with Gasteiger partial charge in [-0.15, -0.1) is 0 Å². The highest BCUT2D eigenvalue weighted by atomic mass is 35.5. The van der Waals surface area contributed by atoms with Gasteiger partial charge in [0.15, 0.2) is 0 Å². The van der Waals surface area contributed by atoms with Crippen molar-refractivity contribution in [3.8, 4) is 0 Å². The average Bonchev–Trinajstić information content (AvgIpc) is 3.29. The second-order valence-electron chi connectivity index (χ2n) is 6.01. The molecule has 2 aliphatic rings. The van der Waals surface area contributed by atoms with Gasteiger partial charge in [0.1, 0.15) is 5.69 Å². The van der Waals surface area contributed by atoms with E-state index >= 15 is 0 Å². The quantitative estimate of drug-likeness (QED) is 0.872. The first-order valence-corrected chi connectivity index (χ1v) is 7.51. The molecule has 2 saturated carbocycles. The van der Waals surface area contributed by atoms with E-state index in [0.29, 0.717) is 22.0 Å². The molecule has 1 N–H and O–H groups in total. The zero-order valence-corrected chi connectivity index (χ0v) is 12.0. The van der Waals surface area contributed by atoms with Crippen LogP contribution in [0, 0.1) is 11.3 Å². The second kappa shape index (κ2) is 4.82. The second-order valence-corrected chi connectivity index (χ2v) is 6.41. The Morgan fingerprint density at radius 2 is 2.26 bits per heavy atom. The number of anilines is 1. The van der Waals surface area contributed by atoms with Crippen LogP contribution in [0.15, 0.2) is 11.0 Å². The van der Waals surface area contributed by atoms with Crippen LogP contribution in [0.4, 0.5) is 5.69 Å². The van der Waals surface area contributed by atoms with Gasteiger partial charge in [-0.2, -0.15) is 5.10 Å². The van der Waals surface area contributed by atoms with Gasteiger partial charge in [-0.25, -0.2) is 4.68 Å². The van der Waals surface area contributed by atoms with Gasteiger partial charge in [0, 0.05) is 13.1 Å². The molecule has 0 bridgehead atoms. The van der Waals surface area contributed by atoms with Crippen molar-refractivity contribution in [2.45, 2.75) is 45.6 Å². The van der Waals surface area contributed by atoms with E-state index in [1.54, 1.807) is 10.9 Å². The predicted octanol–water partition coefficient (Wildman–Crippen LogP) is 2.91. The summed E-state index contributed by atoms with van der Waals surface area (Å²) in [6, 6.07) is 0. The Kier molecular flexibility index (Phi) is 3.29. The number of nitrogens with one attached hydrogen (secondary N) is 1. The molecule has 0 aliphatic heterocycles. The fourth-order valence-corrected chi connectivity index (χ4v) is 2.60. The largest absolute Gasteiger partial charge is 0.379 e. The molecule has 0 radical (unpaired) electrons. The third-order valence-electron chi connectivity index (χ3n) is 4.47. The highest BCUT2D eigenvalue weighted by Crippen LogP contribution is 2.48. The summed E-state index contributed by atoms with van der Waals surface area (Å²) < 4.78 is 1.55. The topological polar surface area (TPSA) is 46.9 Å². The van der Waals surface area contributed by atoms with Crippen LogP contribution in [0.1, 0.15) is 39.0 Å². The molecule has 1 aromatic rings. The summed E-state index contributed by atoms with van der Waals surface area (Å²) >= 11 is 6.11. The molecule has 104 valence electrons. The van der Waals surface area contributed by atoms with Crippen LogP contribution in [0.25, 0.3) is 0 Å². The van der Waals surface area contributed by atoms with Crippen molar-refractivity contribution in [2.75, 3.05) is 11.9 Å². The fraction of sp³-hybridized carbons (Fsp3) is 0.714. The standard InChI is InChI=1S/C14H20ClN3O/c1-2-14(5-6-14)9-16-12-11(15)7-17-18(13(12)19)8-10-3-4-10/h7,10,16H,2-6,8-9H2,1H3. The van der Waals surface area contributed by atoms with Crippen molar-refractivity contribution in [1.29, 1.82) is 0 Å². The minimum absolute atomic E-state index is 0.0775. The van der Waals surface area contributed by atoms with E-state index in [4.69, 9.17) is 11.6 Å². The summed E-state index contributed by atoms with van der Waals surface area (Å²) in [6.07, 6.45) is 7.64. The Hall–Kier alpha value is -1.03. The molecule has 2 aliphatic carbocycles. The van der Waals surface area contributed by atoms with E-state index in [0.717, 1.165) is 19.5 Å². The molecule has 19 heavy (non-hydrogen) atoms. The van der Waals surface area contributed by atoms with E-state index in [9.17, 15) is 4.79 Å². The Morgan fingerprint density at radius 1 is 1.53 bits per heavy atom. The van der Waals surface area contributed by atoms with E-state index in [1.165, 1.54) is 25.7 Å². The van der Waals surface area contributed by atoms with E-state index in [1.807, 2.05) is 0 Å². The zero-order chi connectivity index (χ0) is 13.5. The third kappa shape index (κ3) is 2.78. The molecule has 1 aromatic heterocycles. The first-order chi connectivity index (χ1) is 9.13. The van der Waals surface area contributed by atoms with E-state index in [-0.39, 0.29) is 5.56 Å². The highest BCUT2D eigenvalue weighted by Gasteiger charge is 2.40. The summed E-state index contributed by atoms with van der Waals surface area (Å²) in [5, 5.41) is 7.83. The molecule has 0 atom stereocenters. The van der Waals surface area contributed by atoms with Crippen LogP contribution in [0.2, 0.25) is 5.02 Å². The van der Waals surface area contributed by atoms with Crippen molar-refractivity contribution >= 4 is 17.3 Å². The van der Waals surface area contributed by atoms with E-state index in [2.05, 4.69) is 17.3 Å². The SMILES string of the molecule is CCC1(CNc2c(Cl)cnn(CC3CC3)c2=O)CC1. The lowest BCUT2D eigenvalue weighted by Crippen LogP contribution is -2.28. The van der Waals surface area contributed by atoms with Crippen LogP contribution in [-0.4, -0.2) is 16.3 Å². The molecule has 4 nitrogen and oxygen atoms in total. The van der Waals surface area contributed by atoms with Crippen molar-refractivity contribution in [1.82, 2.24) is 9.78 Å². The maximum atomic E-state index is 12.3. The molecule has 0 saturated heterocycles. The molecule has 2 fully saturated rings. The van der Waals surface area contributed by atoms with Crippen molar-refractivity contribution < 1.29 is 0 Å². The summed E-state index contributed by atoms with van der Waals surface area (Å²) in [5.74, 6) is 0.629. The first-order valence-electron chi connectivity index (χ1n) is 7.13. The molecule has 1 heterocycles. The number of nitrogens with zero attached hydrogens (tertiary/aromatic N) is 2. The number of rotatable bonds is 6. The highest BCUT2D eigenvalue weighted by molar-refractivity contribution is 6.32. The van der Waals surface area contributed by atoms with Crippen molar-refractivity contribution in [2.24, 2.45) is 11.3 Å². The normalized spacial score (nSPS) is 20.3. The maximum Gasteiger partial charge on any atom is 0.291 e. The molecule has 3 rings (SSSR count). The monoisotopic (exact) mass is 281 g/mol. The predicted molar refractivity (Wildman–Crippen MR) is 76.7 cm³/mol. The Bertz CT molecular complexity index is 532. The molecule has 0 amide bonds. The Morgan fingerprint density at radius 3 is 2.84 bits per heavy atom. The zero-order valence-electron chi connectivity index (χ0n) is 11.3. The maximum absolute atomic E-state index is 12.3. The fourth-order valence-electron chi connectivity index (χ4n) is 2.41. The van der Waals surface area contributed by atoms with Gasteiger partial charge < -0.3 is 5.32 Å². The summed E-state index contributed by atoms with van der Waals surface area (Å²) in [6.45, 7) is 3.77. The van der Waals surface area contributed by atoms with Crippen molar-refractivity contribution in [3.63, 3.8) is 0 Å². The molecule has 0 aromatic carbocycles. The molecular weight excluding hydrogens is 262 g/mol. The third-order valence-corrected chi connectivity index (χ3v) is 4.76.